The van der Waals surface area contributed by atoms with Gasteiger partial charge in [-0.3, -0.25) is 0 Å². The Balaban J connectivity index is 2.16. The summed E-state index contributed by atoms with van der Waals surface area (Å²) < 4.78 is 0. The van der Waals surface area contributed by atoms with E-state index in [4.69, 9.17) is 5.73 Å². The first-order valence-electron chi connectivity index (χ1n) is 7.90. The maximum Gasteiger partial charge on any atom is 0.187 e. The highest BCUT2D eigenvalue weighted by atomic mass is 15.1. The number of nitrogens with zero attached hydrogens (tertiary/aromatic N) is 4. The molecule has 2 aliphatic carbocycles. The molecular weight excluding hydrogens is 274 g/mol. The molecule has 0 amide bonds. The SMILES string of the molecule is N#CC1=C(N)C2=C(N3CCCCC3)CCC[C@H]2C1(C#N)C#N. The van der Waals surface area contributed by atoms with Crippen molar-refractivity contribution in [3.8, 4) is 18.2 Å². The van der Waals surface area contributed by atoms with Crippen LogP contribution in [0.25, 0.3) is 0 Å². The van der Waals surface area contributed by atoms with E-state index in [9.17, 15) is 15.8 Å². The molecule has 1 atom stereocenters. The van der Waals surface area contributed by atoms with Crippen LogP contribution in [0.15, 0.2) is 22.5 Å². The van der Waals surface area contributed by atoms with E-state index in [0.717, 1.165) is 50.8 Å². The maximum absolute atomic E-state index is 9.62. The van der Waals surface area contributed by atoms with Crippen LogP contribution in [0, 0.1) is 45.3 Å². The van der Waals surface area contributed by atoms with Crippen LogP contribution in [-0.4, -0.2) is 18.0 Å². The Morgan fingerprint density at radius 2 is 1.73 bits per heavy atom. The number of hydrogen-bond acceptors (Lipinski definition) is 5. The van der Waals surface area contributed by atoms with Gasteiger partial charge in [0.15, 0.2) is 5.41 Å². The molecule has 5 nitrogen and oxygen atoms in total. The lowest BCUT2D eigenvalue weighted by molar-refractivity contribution is 0.254. The molecule has 1 aliphatic heterocycles. The molecule has 0 bridgehead atoms. The maximum atomic E-state index is 9.62. The van der Waals surface area contributed by atoms with Crippen molar-refractivity contribution in [2.45, 2.75) is 38.5 Å². The second kappa shape index (κ2) is 5.39. The van der Waals surface area contributed by atoms with E-state index in [1.165, 1.54) is 12.1 Å². The van der Waals surface area contributed by atoms with Gasteiger partial charge in [0, 0.05) is 30.3 Å². The van der Waals surface area contributed by atoms with Crippen LogP contribution < -0.4 is 5.73 Å². The van der Waals surface area contributed by atoms with Gasteiger partial charge in [-0.05, 0) is 38.5 Å². The molecule has 112 valence electrons. The summed E-state index contributed by atoms with van der Waals surface area (Å²) in [4.78, 5) is 2.36. The highest BCUT2D eigenvalue weighted by Gasteiger charge is 2.54. The van der Waals surface area contributed by atoms with Gasteiger partial charge in [-0.2, -0.15) is 15.8 Å². The normalized spacial score (nSPS) is 27.0. The third-order valence-electron chi connectivity index (χ3n) is 5.24. The number of nitriles is 3. The van der Waals surface area contributed by atoms with Gasteiger partial charge in [0.2, 0.25) is 0 Å². The number of rotatable bonds is 1. The molecule has 0 aromatic rings. The monoisotopic (exact) mass is 293 g/mol. The Morgan fingerprint density at radius 3 is 2.32 bits per heavy atom. The molecule has 0 aromatic carbocycles. The zero-order chi connectivity index (χ0) is 15.7. The Labute approximate surface area is 130 Å². The van der Waals surface area contributed by atoms with E-state index in [1.54, 1.807) is 0 Å². The third-order valence-corrected chi connectivity index (χ3v) is 5.24. The summed E-state index contributed by atoms with van der Waals surface area (Å²) in [5, 5.41) is 28.7. The molecule has 1 fully saturated rings. The van der Waals surface area contributed by atoms with Gasteiger partial charge in [0.25, 0.3) is 0 Å². The Hall–Kier alpha value is -2.45. The minimum absolute atomic E-state index is 0.161. The fraction of sp³-hybridized carbons (Fsp3) is 0.588. The minimum atomic E-state index is -1.39. The van der Waals surface area contributed by atoms with E-state index >= 15 is 0 Å². The lowest BCUT2D eigenvalue weighted by Crippen LogP contribution is -2.35. The standard InChI is InChI=1S/C17H19N5/c18-9-13-16(21)15-12(17(13,10-19)11-20)5-4-6-14(15)22-7-2-1-3-8-22/h12H,1-8,21H2/t12-/m1/s1. The molecule has 1 heterocycles. The summed E-state index contributed by atoms with van der Waals surface area (Å²) in [7, 11) is 0. The quantitative estimate of drug-likeness (QED) is 0.799. The molecule has 1 saturated heterocycles. The molecule has 0 radical (unpaired) electrons. The first-order chi connectivity index (χ1) is 10.7. The van der Waals surface area contributed by atoms with Crippen molar-refractivity contribution >= 4 is 0 Å². The van der Waals surface area contributed by atoms with Gasteiger partial charge in [0.05, 0.1) is 29.5 Å². The van der Waals surface area contributed by atoms with Gasteiger partial charge in [-0.1, -0.05) is 0 Å². The molecule has 5 heteroatoms. The number of likely N-dealkylation sites (tertiary alicyclic amines) is 1. The Bertz CT molecular complexity index is 659. The van der Waals surface area contributed by atoms with Gasteiger partial charge < -0.3 is 10.6 Å². The summed E-state index contributed by atoms with van der Waals surface area (Å²) >= 11 is 0. The predicted octanol–water partition coefficient (Wildman–Crippen LogP) is 2.31. The Morgan fingerprint density at radius 1 is 1.05 bits per heavy atom. The van der Waals surface area contributed by atoms with Crippen molar-refractivity contribution in [2.24, 2.45) is 17.1 Å². The van der Waals surface area contributed by atoms with Crippen LogP contribution in [0.3, 0.4) is 0 Å². The van der Waals surface area contributed by atoms with Crippen molar-refractivity contribution < 1.29 is 0 Å². The van der Waals surface area contributed by atoms with E-state index in [1.807, 2.05) is 6.07 Å². The molecule has 0 saturated carbocycles. The smallest absolute Gasteiger partial charge is 0.187 e. The lowest BCUT2D eigenvalue weighted by Gasteiger charge is -2.37. The summed E-state index contributed by atoms with van der Waals surface area (Å²) in [6.07, 6.45) is 6.20. The van der Waals surface area contributed by atoms with Crippen LogP contribution in [0.2, 0.25) is 0 Å². The lowest BCUT2D eigenvalue weighted by atomic mass is 9.70. The van der Waals surface area contributed by atoms with Crippen LogP contribution in [0.4, 0.5) is 0 Å². The summed E-state index contributed by atoms with van der Waals surface area (Å²) in [5.41, 5.74) is 7.48. The zero-order valence-corrected chi connectivity index (χ0v) is 12.6. The van der Waals surface area contributed by atoms with Gasteiger partial charge in [0.1, 0.15) is 0 Å². The highest BCUT2D eigenvalue weighted by molar-refractivity contribution is 5.61. The van der Waals surface area contributed by atoms with E-state index in [-0.39, 0.29) is 11.5 Å². The molecule has 2 N–H and O–H groups in total. The average molecular weight is 293 g/mol. The number of fused-ring (bicyclic) bond motifs is 1. The predicted molar refractivity (Wildman–Crippen MR) is 80.3 cm³/mol. The number of nitrogens with two attached hydrogens (primary N) is 1. The molecule has 22 heavy (non-hydrogen) atoms. The van der Waals surface area contributed by atoms with Crippen molar-refractivity contribution in [3.05, 3.63) is 22.5 Å². The molecule has 3 aliphatic rings. The van der Waals surface area contributed by atoms with Crippen molar-refractivity contribution in [2.75, 3.05) is 13.1 Å². The van der Waals surface area contributed by atoms with Crippen molar-refractivity contribution in [1.82, 2.24) is 4.90 Å². The molecule has 3 rings (SSSR count). The molecule has 0 aromatic heterocycles. The largest absolute Gasteiger partial charge is 0.398 e. The van der Waals surface area contributed by atoms with Crippen molar-refractivity contribution in [1.29, 1.82) is 15.8 Å². The van der Waals surface area contributed by atoms with E-state index < -0.39 is 5.41 Å². The number of hydrogen-bond donors (Lipinski definition) is 1. The highest BCUT2D eigenvalue weighted by Crippen LogP contribution is 2.54. The van der Waals surface area contributed by atoms with Crippen molar-refractivity contribution in [3.63, 3.8) is 0 Å². The summed E-state index contributed by atoms with van der Waals surface area (Å²) in [6, 6.07) is 6.26. The second-order valence-corrected chi connectivity index (χ2v) is 6.28. The van der Waals surface area contributed by atoms with E-state index in [0.29, 0.717) is 5.70 Å². The fourth-order valence-corrected chi connectivity index (χ4v) is 4.18. The zero-order valence-electron chi connectivity index (χ0n) is 12.6. The number of piperidine rings is 1. The summed E-state index contributed by atoms with van der Waals surface area (Å²) in [6.45, 7) is 2.01. The van der Waals surface area contributed by atoms with Gasteiger partial charge in [-0.25, -0.2) is 0 Å². The average Bonchev–Trinajstić information content (AvgIpc) is 2.84. The second-order valence-electron chi connectivity index (χ2n) is 6.28. The van der Waals surface area contributed by atoms with Crippen LogP contribution in [-0.2, 0) is 0 Å². The number of allylic oxidation sites excluding steroid dienone is 3. The topological polar surface area (TPSA) is 101 Å². The Kier molecular flexibility index (Phi) is 3.55. The van der Waals surface area contributed by atoms with Crippen LogP contribution in [0.5, 0.6) is 0 Å². The fourth-order valence-electron chi connectivity index (χ4n) is 4.18. The molecular formula is C17H19N5. The van der Waals surface area contributed by atoms with Gasteiger partial charge >= 0.3 is 0 Å². The van der Waals surface area contributed by atoms with Crippen LogP contribution in [0.1, 0.15) is 38.5 Å². The first kappa shape index (κ1) is 14.5. The minimum Gasteiger partial charge on any atom is -0.398 e. The molecule has 0 spiro atoms. The summed E-state index contributed by atoms with van der Waals surface area (Å²) in [5.74, 6) is -0.247. The third kappa shape index (κ3) is 1.81. The molecule has 0 unspecified atom stereocenters. The first-order valence-corrected chi connectivity index (χ1v) is 7.90. The van der Waals surface area contributed by atoms with Crippen LogP contribution >= 0.6 is 0 Å². The van der Waals surface area contributed by atoms with E-state index in [2.05, 4.69) is 17.0 Å². The van der Waals surface area contributed by atoms with Gasteiger partial charge in [-0.15, -0.1) is 0 Å².